The number of Topliss-reactive ketones (excluding diaryl/α,β-unsaturated/α-hetero) is 1. The van der Waals surface area contributed by atoms with Gasteiger partial charge >= 0.3 is 5.97 Å². The monoisotopic (exact) mass is 956 g/mol. The summed E-state index contributed by atoms with van der Waals surface area (Å²) in [6, 6.07) is 8.12. The predicted molar refractivity (Wildman–Crippen MR) is 126 cm³/mol. The Bertz CT molecular complexity index is 1140. The van der Waals surface area contributed by atoms with Crippen LogP contribution in [-0.4, -0.2) is 85.6 Å². The van der Waals surface area contributed by atoms with Gasteiger partial charge in [0, 0.05) is 112 Å². The summed E-state index contributed by atoms with van der Waals surface area (Å²) in [4.78, 5) is 27.4. The molecular weight excluding hydrogens is 922 g/mol. The summed E-state index contributed by atoms with van der Waals surface area (Å²) in [5, 5.41) is 57.9. The third kappa shape index (κ3) is 4.45. The van der Waals surface area contributed by atoms with E-state index in [0.717, 1.165) is 0 Å². The fraction of sp³-hybridized carbons (Fsp3) is 0.630. The number of aliphatic hydroxyl groups is 5. The molecular formula is C27H34Ac2O9. The average Bonchev–Trinajstić information content (AvgIpc) is 2.83. The van der Waals surface area contributed by atoms with Crippen LogP contribution in [0.1, 0.15) is 50.9 Å². The van der Waals surface area contributed by atoms with Gasteiger partial charge in [-0.2, -0.15) is 0 Å². The van der Waals surface area contributed by atoms with Crippen molar-refractivity contribution in [3.63, 3.8) is 0 Å². The van der Waals surface area contributed by atoms with Crippen molar-refractivity contribution in [1.82, 2.24) is 0 Å². The zero-order chi connectivity index (χ0) is 26.4. The van der Waals surface area contributed by atoms with Crippen molar-refractivity contribution in [2.24, 2.45) is 16.7 Å². The van der Waals surface area contributed by atoms with Gasteiger partial charge in [-0.25, -0.2) is 4.79 Å². The summed E-state index contributed by atoms with van der Waals surface area (Å²) >= 11 is 0. The summed E-state index contributed by atoms with van der Waals surface area (Å²) in [6.45, 7) is 6.07. The van der Waals surface area contributed by atoms with Gasteiger partial charge in [-0.3, -0.25) is 4.79 Å². The third-order valence-corrected chi connectivity index (χ3v) is 9.64. The van der Waals surface area contributed by atoms with Crippen LogP contribution >= 0.6 is 0 Å². The topological polar surface area (TPSA) is 154 Å². The van der Waals surface area contributed by atoms with E-state index in [4.69, 9.17) is 9.47 Å². The predicted octanol–water partition coefficient (Wildman–Crippen LogP) is 0.511. The quantitative estimate of drug-likeness (QED) is 0.211. The van der Waals surface area contributed by atoms with E-state index < -0.39 is 70.2 Å². The van der Waals surface area contributed by atoms with E-state index in [9.17, 15) is 35.1 Å². The van der Waals surface area contributed by atoms with Crippen molar-refractivity contribution >= 4 is 11.8 Å². The molecule has 4 aliphatic rings. The van der Waals surface area contributed by atoms with Gasteiger partial charge < -0.3 is 35.0 Å². The molecule has 8 unspecified atom stereocenters. The summed E-state index contributed by atoms with van der Waals surface area (Å²) in [7, 11) is 0. The van der Waals surface area contributed by atoms with Crippen molar-refractivity contribution in [3.8, 4) is 0 Å². The molecule has 11 heteroatoms. The number of aliphatic hydroxyl groups excluding tert-OH is 3. The van der Waals surface area contributed by atoms with E-state index in [-0.39, 0.29) is 119 Å². The van der Waals surface area contributed by atoms with Gasteiger partial charge in [0.05, 0.1) is 35.9 Å². The minimum Gasteiger partial charge on any atom is -0.455 e. The average molecular weight is 957 g/mol. The first-order chi connectivity index (χ1) is 16.7. The van der Waals surface area contributed by atoms with E-state index in [1.54, 1.807) is 51.1 Å². The molecule has 0 spiro atoms. The number of esters is 1. The number of hydrogen-bond donors (Lipinski definition) is 5. The molecule has 3 fully saturated rings. The van der Waals surface area contributed by atoms with Crippen LogP contribution in [0.4, 0.5) is 0 Å². The van der Waals surface area contributed by atoms with Crippen molar-refractivity contribution in [1.29, 1.82) is 0 Å². The Morgan fingerprint density at radius 1 is 1.05 bits per heavy atom. The molecule has 3 aliphatic carbocycles. The minimum atomic E-state index is -2.02. The number of carbonyl (C=O) groups is 2. The fourth-order valence-electron chi connectivity index (χ4n) is 7.26. The van der Waals surface area contributed by atoms with Gasteiger partial charge in [-0.1, -0.05) is 32.0 Å². The standard InChI is InChI=1S/C27H34O9.2Ac/c1-13-15(28)11-27(34)22(36-23(32)14-8-6-5-7-9-14)20-25(4,16(29)10-17-26(20,33)12-35-17)21(31)19(30)18(13)24(27,2)3;;/h5-9,15-17,19-20,22,28-30,33-34H,10-12H2,1-4H3;;/t15?,16?,17?,19?,20?,22-,25?,26?,27?;;/m0../s1. The van der Waals surface area contributed by atoms with Gasteiger partial charge in [-0.15, -0.1) is 0 Å². The molecule has 1 saturated heterocycles. The smallest absolute Gasteiger partial charge is 0.338 e. The molecule has 0 amide bonds. The van der Waals surface area contributed by atoms with Crippen LogP contribution in [0, 0.1) is 105 Å². The van der Waals surface area contributed by atoms with Crippen LogP contribution in [0.2, 0.25) is 0 Å². The van der Waals surface area contributed by atoms with Gasteiger partial charge in [0.15, 0.2) is 5.78 Å². The first-order valence-corrected chi connectivity index (χ1v) is 12.3. The Morgan fingerprint density at radius 2 is 1.66 bits per heavy atom. The maximum atomic E-state index is 14.0. The van der Waals surface area contributed by atoms with Crippen LogP contribution in [0.5, 0.6) is 0 Å². The maximum Gasteiger partial charge on any atom is 0.338 e. The van der Waals surface area contributed by atoms with Crippen LogP contribution in [0.15, 0.2) is 41.5 Å². The molecule has 1 aromatic carbocycles. The van der Waals surface area contributed by atoms with Gasteiger partial charge in [0.25, 0.3) is 0 Å². The molecule has 38 heavy (non-hydrogen) atoms. The van der Waals surface area contributed by atoms with Crippen LogP contribution in [0.3, 0.4) is 0 Å². The number of ketones is 1. The zero-order valence-electron chi connectivity index (χ0n) is 22.0. The number of ether oxygens (including phenoxy) is 2. The second-order valence-corrected chi connectivity index (χ2v) is 11.6. The van der Waals surface area contributed by atoms with Crippen molar-refractivity contribution in [2.75, 3.05) is 6.61 Å². The molecule has 0 aromatic heterocycles. The molecule has 2 bridgehead atoms. The van der Waals surface area contributed by atoms with Crippen LogP contribution in [-0.2, 0) is 14.3 Å². The number of benzene rings is 1. The number of hydrogen-bond acceptors (Lipinski definition) is 9. The Hall–Kier alpha value is 0.743. The number of carbonyl (C=O) groups excluding carboxylic acids is 2. The molecule has 2 saturated carbocycles. The molecule has 5 rings (SSSR count). The second-order valence-electron chi connectivity index (χ2n) is 11.6. The van der Waals surface area contributed by atoms with E-state index in [1.807, 2.05) is 0 Å². The molecule has 9 nitrogen and oxygen atoms in total. The molecule has 1 heterocycles. The molecule has 9 atom stereocenters. The first kappa shape index (κ1) is 33.2. The van der Waals surface area contributed by atoms with E-state index in [2.05, 4.69) is 0 Å². The molecule has 1 aromatic rings. The van der Waals surface area contributed by atoms with Crippen LogP contribution in [0.25, 0.3) is 0 Å². The summed E-state index contributed by atoms with van der Waals surface area (Å²) in [5.41, 5.74) is -6.24. The Balaban J connectivity index is 0.00000200. The maximum absolute atomic E-state index is 14.0. The molecule has 2 radical (unpaired) electrons. The van der Waals surface area contributed by atoms with E-state index in [1.165, 1.54) is 6.92 Å². The Morgan fingerprint density at radius 3 is 2.21 bits per heavy atom. The zero-order valence-corrected chi connectivity index (χ0v) is 31.5. The van der Waals surface area contributed by atoms with Gasteiger partial charge in [-0.05, 0) is 37.1 Å². The minimum absolute atomic E-state index is 0. The third-order valence-electron chi connectivity index (χ3n) is 9.64. The normalized spacial score (nSPS) is 43.1. The van der Waals surface area contributed by atoms with Gasteiger partial charge in [0.2, 0.25) is 0 Å². The van der Waals surface area contributed by atoms with Crippen molar-refractivity contribution in [3.05, 3.63) is 47.0 Å². The van der Waals surface area contributed by atoms with Crippen LogP contribution < -0.4 is 0 Å². The molecule has 202 valence electrons. The van der Waals surface area contributed by atoms with E-state index >= 15 is 0 Å². The SMILES string of the molecule is CC1=C2C(O)C(=O)C3(C)C(O)CC4OCC4(O)C3[C@H](OC(=O)c3ccccc3)C(O)(CC1O)C2(C)C.[Ac].[Ac]. The summed E-state index contributed by atoms with van der Waals surface area (Å²) in [6.07, 6.45) is -7.08. The molecule has 5 N–H and O–H groups in total. The largest absolute Gasteiger partial charge is 0.455 e. The number of rotatable bonds is 2. The van der Waals surface area contributed by atoms with Crippen molar-refractivity contribution < 1.29 is 133 Å². The number of fused-ring (bicyclic) bond motifs is 5. The Labute approximate surface area is 293 Å². The summed E-state index contributed by atoms with van der Waals surface area (Å²) < 4.78 is 11.6. The molecule has 1 aliphatic heterocycles. The Kier molecular flexibility index (Phi) is 9.71. The second kappa shape index (κ2) is 11.1. The first-order valence-electron chi connectivity index (χ1n) is 12.3. The van der Waals surface area contributed by atoms with Crippen molar-refractivity contribution in [2.45, 2.75) is 82.3 Å². The summed E-state index contributed by atoms with van der Waals surface area (Å²) in [5.74, 6) is -2.89. The fourth-order valence-corrected chi connectivity index (χ4v) is 7.26. The van der Waals surface area contributed by atoms with Gasteiger partial charge in [0.1, 0.15) is 23.4 Å². The van der Waals surface area contributed by atoms with E-state index in [0.29, 0.717) is 5.57 Å².